The number of ether oxygens (including phenoxy) is 3. The fourth-order valence-electron chi connectivity index (χ4n) is 3.45. The molecular weight excluding hydrogens is 308 g/mol. The molecule has 1 unspecified atom stereocenters. The van der Waals surface area contributed by atoms with Crippen molar-refractivity contribution in [2.45, 2.75) is 50.1 Å². The van der Waals surface area contributed by atoms with Crippen molar-refractivity contribution in [3.05, 3.63) is 33.1 Å². The average molecular weight is 328 g/mol. The lowest BCUT2D eigenvalue weighted by Crippen LogP contribution is -2.52. The van der Waals surface area contributed by atoms with Crippen LogP contribution in [-0.2, 0) is 14.2 Å². The number of hydrogen-bond donors (Lipinski definition) is 3. The summed E-state index contributed by atoms with van der Waals surface area (Å²) in [5, 5.41) is 19.5. The van der Waals surface area contributed by atoms with Crippen LogP contribution in [-0.4, -0.2) is 56.1 Å². The first kappa shape index (κ1) is 16.3. The Kier molecular flexibility index (Phi) is 3.54. The summed E-state index contributed by atoms with van der Waals surface area (Å²) in [7, 11) is 0. The molecule has 128 valence electrons. The molecule has 2 aliphatic heterocycles. The SMILES string of the molecule is CC1(C)OC2C(CO)(CO)O[C@@H](n3ccc(=O)[nH]c3=O)[C@]2(C)O1. The van der Waals surface area contributed by atoms with E-state index in [0.717, 1.165) is 4.57 Å². The van der Waals surface area contributed by atoms with Crippen LogP contribution in [0.3, 0.4) is 0 Å². The number of aliphatic hydroxyl groups excluding tert-OH is 2. The van der Waals surface area contributed by atoms with Gasteiger partial charge in [0.05, 0.1) is 13.2 Å². The van der Waals surface area contributed by atoms with Gasteiger partial charge in [0.15, 0.2) is 12.0 Å². The van der Waals surface area contributed by atoms with Gasteiger partial charge in [0.2, 0.25) is 0 Å². The van der Waals surface area contributed by atoms with Crippen LogP contribution in [0.15, 0.2) is 21.9 Å². The van der Waals surface area contributed by atoms with E-state index < -0.39 is 53.8 Å². The number of fused-ring (bicyclic) bond motifs is 1. The third-order valence-electron chi connectivity index (χ3n) is 4.34. The van der Waals surface area contributed by atoms with Crippen molar-refractivity contribution < 1.29 is 24.4 Å². The Morgan fingerprint density at radius 3 is 2.43 bits per heavy atom. The minimum absolute atomic E-state index is 0.516. The van der Waals surface area contributed by atoms with Crippen LogP contribution < -0.4 is 11.2 Å². The lowest BCUT2D eigenvalue weighted by Gasteiger charge is -2.31. The van der Waals surface area contributed by atoms with Crippen LogP contribution in [0.25, 0.3) is 0 Å². The van der Waals surface area contributed by atoms with Crippen molar-refractivity contribution in [1.29, 1.82) is 0 Å². The number of rotatable bonds is 3. The Morgan fingerprint density at radius 2 is 1.87 bits per heavy atom. The van der Waals surface area contributed by atoms with Gasteiger partial charge in [0.1, 0.15) is 17.3 Å². The van der Waals surface area contributed by atoms with E-state index >= 15 is 0 Å². The standard InChI is InChI=1S/C14H20N2O7/c1-12(2)21-9-13(3,23-12)10(22-14(9,6-17)7-18)16-5-4-8(19)15-11(16)20/h4-5,9-10,17-18H,6-7H2,1-3H3,(H,15,19,20)/t9?,10-,13-/m1/s1. The number of aliphatic hydroxyl groups is 2. The molecule has 0 spiro atoms. The van der Waals surface area contributed by atoms with Crippen molar-refractivity contribution >= 4 is 0 Å². The van der Waals surface area contributed by atoms with Gasteiger partial charge >= 0.3 is 5.69 Å². The van der Waals surface area contributed by atoms with Crippen LogP contribution in [0.4, 0.5) is 0 Å². The third-order valence-corrected chi connectivity index (χ3v) is 4.34. The smallest absolute Gasteiger partial charge is 0.330 e. The van der Waals surface area contributed by atoms with E-state index in [2.05, 4.69) is 4.98 Å². The molecule has 23 heavy (non-hydrogen) atoms. The van der Waals surface area contributed by atoms with Gasteiger partial charge in [-0.05, 0) is 20.8 Å². The highest BCUT2D eigenvalue weighted by atomic mass is 16.8. The van der Waals surface area contributed by atoms with E-state index in [-0.39, 0.29) is 0 Å². The number of aromatic nitrogens is 2. The lowest BCUT2D eigenvalue weighted by atomic mass is 9.88. The fraction of sp³-hybridized carbons (Fsp3) is 0.714. The van der Waals surface area contributed by atoms with Crippen molar-refractivity contribution in [1.82, 2.24) is 9.55 Å². The maximum Gasteiger partial charge on any atom is 0.330 e. The van der Waals surface area contributed by atoms with E-state index in [9.17, 15) is 19.8 Å². The van der Waals surface area contributed by atoms with Crippen LogP contribution in [0.1, 0.15) is 27.0 Å². The van der Waals surface area contributed by atoms with Crippen molar-refractivity contribution in [2.24, 2.45) is 0 Å². The molecule has 2 fully saturated rings. The fourth-order valence-corrected chi connectivity index (χ4v) is 3.45. The summed E-state index contributed by atoms with van der Waals surface area (Å²) in [5.74, 6) is -0.983. The van der Waals surface area contributed by atoms with Crippen molar-refractivity contribution in [2.75, 3.05) is 13.2 Å². The molecule has 0 radical (unpaired) electrons. The molecule has 0 aliphatic carbocycles. The predicted molar refractivity (Wildman–Crippen MR) is 76.8 cm³/mol. The van der Waals surface area contributed by atoms with Gasteiger partial charge in [-0.15, -0.1) is 0 Å². The van der Waals surface area contributed by atoms with Crippen LogP contribution in [0, 0.1) is 0 Å². The highest BCUT2D eigenvalue weighted by Crippen LogP contribution is 2.54. The zero-order valence-corrected chi connectivity index (χ0v) is 13.1. The molecule has 9 heteroatoms. The second kappa shape index (κ2) is 4.99. The zero-order valence-electron chi connectivity index (χ0n) is 13.1. The summed E-state index contributed by atoms with van der Waals surface area (Å²) in [6.07, 6.45) is -0.505. The lowest BCUT2D eigenvalue weighted by molar-refractivity contribution is -0.245. The van der Waals surface area contributed by atoms with E-state index in [1.807, 2.05) is 0 Å². The van der Waals surface area contributed by atoms with Gasteiger partial charge in [-0.2, -0.15) is 0 Å². The molecule has 0 bridgehead atoms. The number of nitrogens with one attached hydrogen (secondary N) is 1. The van der Waals surface area contributed by atoms with E-state index in [1.54, 1.807) is 20.8 Å². The molecule has 1 aromatic rings. The summed E-state index contributed by atoms with van der Waals surface area (Å²) in [6.45, 7) is 4.04. The first-order valence-electron chi connectivity index (χ1n) is 7.26. The van der Waals surface area contributed by atoms with Gasteiger partial charge in [-0.25, -0.2) is 4.79 Å². The summed E-state index contributed by atoms with van der Waals surface area (Å²) >= 11 is 0. The molecule has 0 aromatic carbocycles. The van der Waals surface area contributed by atoms with Gasteiger partial charge in [0.25, 0.3) is 5.56 Å². The first-order chi connectivity index (χ1) is 10.7. The highest BCUT2D eigenvalue weighted by molar-refractivity contribution is 5.13. The maximum atomic E-state index is 12.1. The van der Waals surface area contributed by atoms with Gasteiger partial charge < -0.3 is 24.4 Å². The monoisotopic (exact) mass is 328 g/mol. The number of hydrogen-bond acceptors (Lipinski definition) is 7. The second-order valence-corrected chi connectivity index (χ2v) is 6.55. The zero-order chi connectivity index (χ0) is 17.0. The Labute approximate surface area is 131 Å². The number of nitrogens with zero attached hydrogens (tertiary/aromatic N) is 1. The van der Waals surface area contributed by atoms with Crippen molar-refractivity contribution in [3.63, 3.8) is 0 Å². The van der Waals surface area contributed by atoms with Crippen molar-refractivity contribution in [3.8, 4) is 0 Å². The van der Waals surface area contributed by atoms with Gasteiger partial charge in [-0.3, -0.25) is 14.3 Å². The highest BCUT2D eigenvalue weighted by Gasteiger charge is 2.70. The quantitative estimate of drug-likeness (QED) is 0.630. The average Bonchev–Trinajstić information content (AvgIpc) is 2.84. The minimum Gasteiger partial charge on any atom is -0.393 e. The minimum atomic E-state index is -1.43. The number of aromatic amines is 1. The van der Waals surface area contributed by atoms with E-state index in [0.29, 0.717) is 0 Å². The molecule has 3 rings (SSSR count). The Balaban J connectivity index is 2.14. The van der Waals surface area contributed by atoms with Gasteiger partial charge in [0, 0.05) is 12.3 Å². The molecule has 3 N–H and O–H groups in total. The van der Waals surface area contributed by atoms with Crippen LogP contribution >= 0.6 is 0 Å². The summed E-state index contributed by atoms with van der Waals surface area (Å²) < 4.78 is 18.8. The largest absolute Gasteiger partial charge is 0.393 e. The summed E-state index contributed by atoms with van der Waals surface area (Å²) in [5.41, 5.74) is -3.78. The molecule has 0 amide bonds. The van der Waals surface area contributed by atoms with Crippen LogP contribution in [0.2, 0.25) is 0 Å². The molecular formula is C14H20N2O7. The molecule has 3 atom stereocenters. The Bertz CT molecular complexity index is 720. The van der Waals surface area contributed by atoms with Gasteiger partial charge in [-0.1, -0.05) is 0 Å². The van der Waals surface area contributed by atoms with Crippen LogP contribution in [0.5, 0.6) is 0 Å². The predicted octanol–water partition coefficient (Wildman–Crippen LogP) is -1.30. The molecule has 2 aliphatic rings. The second-order valence-electron chi connectivity index (χ2n) is 6.55. The number of H-pyrrole nitrogens is 1. The summed E-state index contributed by atoms with van der Waals surface area (Å²) in [4.78, 5) is 25.5. The third kappa shape index (κ3) is 2.27. The molecule has 2 saturated heterocycles. The molecule has 0 saturated carbocycles. The van der Waals surface area contributed by atoms with E-state index in [4.69, 9.17) is 14.2 Å². The molecule has 1 aromatic heterocycles. The first-order valence-corrected chi connectivity index (χ1v) is 7.26. The molecule has 3 heterocycles. The maximum absolute atomic E-state index is 12.1. The molecule has 9 nitrogen and oxygen atoms in total. The Morgan fingerprint density at radius 1 is 1.22 bits per heavy atom. The topological polar surface area (TPSA) is 123 Å². The Hall–Kier alpha value is -1.52. The normalized spacial score (nSPS) is 34.5. The van der Waals surface area contributed by atoms with E-state index in [1.165, 1.54) is 12.3 Å². The summed E-state index contributed by atoms with van der Waals surface area (Å²) in [6, 6.07) is 1.18.